The molecule has 66 valence electrons. The fourth-order valence-corrected chi connectivity index (χ4v) is 1.40. The zero-order valence-electron chi connectivity index (χ0n) is 7.11. The molecule has 0 aliphatic heterocycles. The van der Waals surface area contributed by atoms with Gasteiger partial charge in [0.05, 0.1) is 11.9 Å². The summed E-state index contributed by atoms with van der Waals surface area (Å²) in [6.45, 7) is 2.05. The van der Waals surface area contributed by atoms with Crippen LogP contribution >= 0.6 is 15.9 Å². The summed E-state index contributed by atoms with van der Waals surface area (Å²) in [5, 5.41) is 7.80. The Kier molecular flexibility index (Phi) is 2.14. The summed E-state index contributed by atoms with van der Waals surface area (Å²) in [6.07, 6.45) is 1.83. The molecule has 4 heteroatoms. The van der Waals surface area contributed by atoms with Crippen LogP contribution in [0.4, 0.5) is 0 Å². The number of hydrogen-bond acceptors (Lipinski definition) is 2. The molecular weight excluding hydrogens is 230 g/mol. The van der Waals surface area contributed by atoms with Crippen molar-refractivity contribution in [3.8, 4) is 5.69 Å². The van der Waals surface area contributed by atoms with Crippen LogP contribution in [0.15, 0.2) is 35.1 Å². The van der Waals surface area contributed by atoms with E-state index < -0.39 is 0 Å². The number of nitrogens with zero attached hydrogens (tertiary/aromatic N) is 3. The van der Waals surface area contributed by atoms with Gasteiger partial charge in [0.25, 0.3) is 0 Å². The minimum absolute atomic E-state index is 0.744. The van der Waals surface area contributed by atoms with E-state index >= 15 is 0 Å². The van der Waals surface area contributed by atoms with E-state index in [0.717, 1.165) is 10.3 Å². The SMILES string of the molecule is Cc1cccc(-n2cc(Br)nn2)c1. The Balaban J connectivity index is 2.46. The van der Waals surface area contributed by atoms with Crippen LogP contribution in [-0.4, -0.2) is 15.0 Å². The van der Waals surface area contributed by atoms with E-state index in [-0.39, 0.29) is 0 Å². The molecule has 0 bridgehead atoms. The van der Waals surface area contributed by atoms with Crippen LogP contribution in [0.2, 0.25) is 0 Å². The molecule has 1 aromatic heterocycles. The van der Waals surface area contributed by atoms with Gasteiger partial charge in [-0.25, -0.2) is 4.68 Å². The van der Waals surface area contributed by atoms with E-state index in [9.17, 15) is 0 Å². The third kappa shape index (κ3) is 1.78. The first kappa shape index (κ1) is 8.44. The van der Waals surface area contributed by atoms with Crippen LogP contribution in [0.5, 0.6) is 0 Å². The summed E-state index contributed by atoms with van der Waals surface area (Å²) in [6, 6.07) is 8.10. The van der Waals surface area contributed by atoms with Crippen LogP contribution in [0.25, 0.3) is 5.69 Å². The second-order valence-corrected chi connectivity index (χ2v) is 3.64. The summed E-state index contributed by atoms with van der Waals surface area (Å²) in [7, 11) is 0. The van der Waals surface area contributed by atoms with Crippen LogP contribution < -0.4 is 0 Å². The van der Waals surface area contributed by atoms with Crippen LogP contribution in [0.3, 0.4) is 0 Å². The fraction of sp³-hybridized carbons (Fsp3) is 0.111. The smallest absolute Gasteiger partial charge is 0.148 e. The van der Waals surface area contributed by atoms with Gasteiger partial charge >= 0.3 is 0 Å². The van der Waals surface area contributed by atoms with Gasteiger partial charge in [-0.15, -0.1) is 5.10 Å². The molecule has 13 heavy (non-hydrogen) atoms. The average Bonchev–Trinajstić information content (AvgIpc) is 2.52. The van der Waals surface area contributed by atoms with E-state index in [0.29, 0.717) is 0 Å². The molecular formula is C9H8BrN3. The Labute approximate surface area is 84.5 Å². The highest BCUT2D eigenvalue weighted by molar-refractivity contribution is 9.10. The number of halogens is 1. The minimum Gasteiger partial charge on any atom is -0.220 e. The molecule has 0 aliphatic rings. The van der Waals surface area contributed by atoms with Gasteiger partial charge in [-0.1, -0.05) is 17.3 Å². The van der Waals surface area contributed by atoms with Crippen molar-refractivity contribution in [3.05, 3.63) is 40.6 Å². The maximum absolute atomic E-state index is 3.95. The lowest BCUT2D eigenvalue weighted by Crippen LogP contribution is -1.94. The lowest BCUT2D eigenvalue weighted by Gasteiger charge is -1.99. The van der Waals surface area contributed by atoms with Gasteiger partial charge in [-0.2, -0.15) is 0 Å². The van der Waals surface area contributed by atoms with Gasteiger partial charge in [0.1, 0.15) is 4.60 Å². The third-order valence-electron chi connectivity index (χ3n) is 1.73. The number of hydrogen-bond donors (Lipinski definition) is 0. The molecule has 0 fully saturated rings. The van der Waals surface area contributed by atoms with Crippen molar-refractivity contribution in [3.63, 3.8) is 0 Å². The number of aryl methyl sites for hydroxylation is 1. The lowest BCUT2D eigenvalue weighted by atomic mass is 10.2. The van der Waals surface area contributed by atoms with Crippen molar-refractivity contribution < 1.29 is 0 Å². The first-order valence-electron chi connectivity index (χ1n) is 3.90. The van der Waals surface area contributed by atoms with Crippen molar-refractivity contribution >= 4 is 15.9 Å². The third-order valence-corrected chi connectivity index (χ3v) is 2.09. The fourth-order valence-electron chi connectivity index (χ4n) is 1.14. The number of rotatable bonds is 1. The van der Waals surface area contributed by atoms with E-state index in [4.69, 9.17) is 0 Å². The van der Waals surface area contributed by atoms with Gasteiger partial charge in [0, 0.05) is 0 Å². The molecule has 2 aromatic rings. The van der Waals surface area contributed by atoms with Gasteiger partial charge in [-0.3, -0.25) is 0 Å². The Morgan fingerprint density at radius 1 is 1.38 bits per heavy atom. The predicted molar refractivity (Wildman–Crippen MR) is 53.8 cm³/mol. The summed E-state index contributed by atoms with van der Waals surface area (Å²) in [5.41, 5.74) is 2.24. The maximum atomic E-state index is 3.95. The molecule has 0 saturated carbocycles. The predicted octanol–water partition coefficient (Wildman–Crippen LogP) is 2.34. The second kappa shape index (κ2) is 3.30. The lowest BCUT2D eigenvalue weighted by molar-refractivity contribution is 0.801. The van der Waals surface area contributed by atoms with Gasteiger partial charge in [-0.05, 0) is 40.5 Å². The molecule has 1 aromatic carbocycles. The van der Waals surface area contributed by atoms with Crippen molar-refractivity contribution in [1.29, 1.82) is 0 Å². The highest BCUT2D eigenvalue weighted by atomic mass is 79.9. The van der Waals surface area contributed by atoms with E-state index in [2.05, 4.69) is 45.3 Å². The maximum Gasteiger partial charge on any atom is 0.148 e. The Morgan fingerprint density at radius 3 is 2.85 bits per heavy atom. The summed E-state index contributed by atoms with van der Waals surface area (Å²) in [5.74, 6) is 0. The van der Waals surface area contributed by atoms with E-state index in [1.807, 2.05) is 18.3 Å². The number of aromatic nitrogens is 3. The standard InChI is InChI=1S/C9H8BrN3/c1-7-3-2-4-8(5-7)13-6-9(10)11-12-13/h2-6H,1H3. The van der Waals surface area contributed by atoms with Crippen molar-refractivity contribution in [2.45, 2.75) is 6.92 Å². The highest BCUT2D eigenvalue weighted by Gasteiger charge is 1.98. The summed E-state index contributed by atoms with van der Waals surface area (Å²) < 4.78 is 2.48. The highest BCUT2D eigenvalue weighted by Crippen LogP contribution is 2.11. The minimum atomic E-state index is 0.744. The number of benzene rings is 1. The van der Waals surface area contributed by atoms with Gasteiger partial charge in [0.2, 0.25) is 0 Å². The van der Waals surface area contributed by atoms with Crippen molar-refractivity contribution in [1.82, 2.24) is 15.0 Å². The normalized spacial score (nSPS) is 10.3. The zero-order chi connectivity index (χ0) is 9.26. The van der Waals surface area contributed by atoms with Crippen LogP contribution in [-0.2, 0) is 0 Å². The van der Waals surface area contributed by atoms with Crippen molar-refractivity contribution in [2.24, 2.45) is 0 Å². The summed E-state index contributed by atoms with van der Waals surface area (Å²) >= 11 is 3.25. The quantitative estimate of drug-likeness (QED) is 0.763. The monoisotopic (exact) mass is 237 g/mol. The summed E-state index contributed by atoms with van der Waals surface area (Å²) in [4.78, 5) is 0. The molecule has 0 N–H and O–H groups in total. The van der Waals surface area contributed by atoms with Gasteiger partial charge < -0.3 is 0 Å². The van der Waals surface area contributed by atoms with E-state index in [1.54, 1.807) is 4.68 Å². The van der Waals surface area contributed by atoms with Crippen LogP contribution in [0.1, 0.15) is 5.56 Å². The first-order valence-corrected chi connectivity index (χ1v) is 4.70. The zero-order valence-corrected chi connectivity index (χ0v) is 8.69. The van der Waals surface area contributed by atoms with Gasteiger partial charge in [0.15, 0.2) is 0 Å². The molecule has 0 radical (unpaired) electrons. The largest absolute Gasteiger partial charge is 0.220 e. The molecule has 0 aliphatic carbocycles. The average molecular weight is 238 g/mol. The van der Waals surface area contributed by atoms with Crippen molar-refractivity contribution in [2.75, 3.05) is 0 Å². The topological polar surface area (TPSA) is 30.7 Å². The first-order chi connectivity index (χ1) is 6.25. The molecule has 1 heterocycles. The Hall–Kier alpha value is -1.16. The second-order valence-electron chi connectivity index (χ2n) is 2.82. The molecule has 0 atom stereocenters. The molecule has 0 unspecified atom stereocenters. The molecule has 0 amide bonds. The van der Waals surface area contributed by atoms with Crippen LogP contribution in [0, 0.1) is 6.92 Å². The van der Waals surface area contributed by atoms with E-state index in [1.165, 1.54) is 5.56 Å². The molecule has 0 saturated heterocycles. The molecule has 0 spiro atoms. The molecule has 3 nitrogen and oxygen atoms in total. The Morgan fingerprint density at radius 2 is 2.23 bits per heavy atom. The molecule has 2 rings (SSSR count). The Bertz CT molecular complexity index is 422.